The summed E-state index contributed by atoms with van der Waals surface area (Å²) in [6.45, 7) is 2.40. The van der Waals surface area contributed by atoms with E-state index in [1.807, 2.05) is 6.07 Å². The Bertz CT molecular complexity index is 413. The molecule has 1 aliphatic carbocycles. The van der Waals surface area contributed by atoms with Crippen LogP contribution in [0.5, 0.6) is 0 Å². The lowest BCUT2D eigenvalue weighted by atomic mass is 10.1. The van der Waals surface area contributed by atoms with Crippen molar-refractivity contribution >= 4 is 0 Å². The summed E-state index contributed by atoms with van der Waals surface area (Å²) in [5.74, 6) is -5.53. The smallest absolute Gasteiger partial charge is 0.264 e. The predicted octanol–water partition coefficient (Wildman–Crippen LogP) is 2.80. The maximum absolute atomic E-state index is 13.9. The number of rotatable bonds is 2. The third-order valence-electron chi connectivity index (χ3n) is 3.64. The fourth-order valence-corrected chi connectivity index (χ4v) is 2.76. The molecule has 1 saturated carbocycles. The average molecular weight is 240 g/mol. The molecule has 1 saturated heterocycles. The first-order valence-corrected chi connectivity index (χ1v) is 5.76. The van der Waals surface area contributed by atoms with Crippen molar-refractivity contribution in [1.29, 1.82) is 0 Å². The summed E-state index contributed by atoms with van der Waals surface area (Å²) in [7, 11) is 0. The predicted molar refractivity (Wildman–Crippen MR) is 57.9 cm³/mol. The largest absolute Gasteiger partial charge is 0.347 e. The first kappa shape index (κ1) is 11.1. The van der Waals surface area contributed by atoms with Gasteiger partial charge >= 0.3 is 0 Å². The molecule has 0 N–H and O–H groups in total. The zero-order valence-electron chi connectivity index (χ0n) is 9.53. The van der Waals surface area contributed by atoms with Gasteiger partial charge in [0.05, 0.1) is 25.0 Å². The third kappa shape index (κ3) is 1.58. The minimum Gasteiger partial charge on any atom is -0.347 e. The van der Waals surface area contributed by atoms with Crippen LogP contribution in [0.2, 0.25) is 0 Å². The van der Waals surface area contributed by atoms with E-state index in [-0.39, 0.29) is 0 Å². The molecule has 1 aromatic rings. The second-order valence-corrected chi connectivity index (χ2v) is 4.75. The van der Waals surface area contributed by atoms with Gasteiger partial charge in [-0.05, 0) is 12.5 Å². The summed E-state index contributed by atoms with van der Waals surface area (Å²) in [6, 6.07) is 8.84. The van der Waals surface area contributed by atoms with Crippen LogP contribution in [0, 0.1) is 5.92 Å². The molecule has 4 heteroatoms. The molecule has 2 fully saturated rings. The van der Waals surface area contributed by atoms with Crippen LogP contribution in [-0.2, 0) is 9.47 Å². The van der Waals surface area contributed by atoms with Crippen molar-refractivity contribution < 1.29 is 18.3 Å². The van der Waals surface area contributed by atoms with Gasteiger partial charge in [-0.25, -0.2) is 8.78 Å². The zero-order chi connectivity index (χ0) is 12.1. The van der Waals surface area contributed by atoms with Crippen LogP contribution in [0.1, 0.15) is 18.4 Å². The highest BCUT2D eigenvalue weighted by atomic mass is 19.3. The number of ether oxygens (including phenoxy) is 2. The van der Waals surface area contributed by atoms with E-state index in [2.05, 4.69) is 0 Å². The van der Waals surface area contributed by atoms with Crippen LogP contribution < -0.4 is 0 Å². The Morgan fingerprint density at radius 2 is 1.71 bits per heavy atom. The molecule has 0 radical (unpaired) electrons. The van der Waals surface area contributed by atoms with Crippen LogP contribution in [-0.4, -0.2) is 24.9 Å². The number of halogens is 2. The van der Waals surface area contributed by atoms with E-state index in [1.54, 1.807) is 31.2 Å². The molecule has 0 spiro atoms. The number of hydrogen-bond acceptors (Lipinski definition) is 2. The molecule has 0 bridgehead atoms. The van der Waals surface area contributed by atoms with E-state index < -0.39 is 23.5 Å². The number of hydrogen-bond donors (Lipinski definition) is 0. The fourth-order valence-electron chi connectivity index (χ4n) is 2.76. The summed E-state index contributed by atoms with van der Waals surface area (Å²) < 4.78 is 38.5. The lowest BCUT2D eigenvalue weighted by Gasteiger charge is -2.22. The van der Waals surface area contributed by atoms with E-state index in [0.29, 0.717) is 18.8 Å². The van der Waals surface area contributed by atoms with Gasteiger partial charge in [0.25, 0.3) is 5.92 Å². The molecular formula is C13H14F2O2. The molecule has 92 valence electrons. The minimum atomic E-state index is -2.74. The molecule has 1 heterocycles. The van der Waals surface area contributed by atoms with Crippen molar-refractivity contribution in [2.45, 2.75) is 24.6 Å². The molecule has 1 aromatic carbocycles. The topological polar surface area (TPSA) is 18.5 Å². The van der Waals surface area contributed by atoms with E-state index in [1.165, 1.54) is 0 Å². The Labute approximate surface area is 98.5 Å². The van der Waals surface area contributed by atoms with Gasteiger partial charge < -0.3 is 9.47 Å². The van der Waals surface area contributed by atoms with Gasteiger partial charge in [0, 0.05) is 0 Å². The highest BCUT2D eigenvalue weighted by molar-refractivity contribution is 5.34. The third-order valence-corrected chi connectivity index (χ3v) is 3.64. The van der Waals surface area contributed by atoms with Crippen molar-refractivity contribution in [2.24, 2.45) is 5.92 Å². The van der Waals surface area contributed by atoms with Crippen LogP contribution in [0.4, 0.5) is 8.78 Å². The summed E-state index contributed by atoms with van der Waals surface area (Å²) in [6.07, 6.45) is 0. The summed E-state index contributed by atoms with van der Waals surface area (Å²) in [4.78, 5) is 0. The van der Waals surface area contributed by atoms with Gasteiger partial charge in [-0.3, -0.25) is 0 Å². The molecule has 3 rings (SSSR count). The first-order chi connectivity index (χ1) is 8.06. The fraction of sp³-hybridized carbons (Fsp3) is 0.538. The highest BCUT2D eigenvalue weighted by Crippen LogP contribution is 2.67. The second kappa shape index (κ2) is 3.50. The Kier molecular flexibility index (Phi) is 2.28. The lowest BCUT2D eigenvalue weighted by molar-refractivity contribution is -0.174. The lowest BCUT2D eigenvalue weighted by Crippen LogP contribution is -2.31. The van der Waals surface area contributed by atoms with Crippen LogP contribution >= 0.6 is 0 Å². The summed E-state index contributed by atoms with van der Waals surface area (Å²) >= 11 is 0. The van der Waals surface area contributed by atoms with Crippen LogP contribution in [0.25, 0.3) is 0 Å². The van der Waals surface area contributed by atoms with Gasteiger partial charge in [-0.1, -0.05) is 30.3 Å². The number of alkyl halides is 2. The second-order valence-electron chi connectivity index (χ2n) is 4.75. The quantitative estimate of drug-likeness (QED) is 0.791. The van der Waals surface area contributed by atoms with E-state index in [0.717, 1.165) is 0 Å². The SMILES string of the molecule is CC1(C2C(c3ccccc3)C2(F)F)OCCO1. The van der Waals surface area contributed by atoms with Gasteiger partial charge in [0.2, 0.25) is 0 Å². The Hall–Kier alpha value is -1.00. The normalized spacial score (nSPS) is 33.6. The molecule has 2 atom stereocenters. The van der Waals surface area contributed by atoms with Gasteiger partial charge in [-0.15, -0.1) is 0 Å². The average Bonchev–Trinajstić information content (AvgIpc) is 2.68. The van der Waals surface area contributed by atoms with Crippen molar-refractivity contribution in [3.8, 4) is 0 Å². The van der Waals surface area contributed by atoms with E-state index in [4.69, 9.17) is 9.47 Å². The van der Waals surface area contributed by atoms with Crippen molar-refractivity contribution in [2.75, 3.05) is 13.2 Å². The van der Waals surface area contributed by atoms with Crippen molar-refractivity contribution in [1.82, 2.24) is 0 Å². The van der Waals surface area contributed by atoms with Crippen LogP contribution in [0.15, 0.2) is 30.3 Å². The minimum absolute atomic E-state index is 0.393. The Morgan fingerprint density at radius 1 is 1.12 bits per heavy atom. The maximum Gasteiger partial charge on any atom is 0.264 e. The Balaban J connectivity index is 1.89. The molecule has 0 amide bonds. The summed E-state index contributed by atoms with van der Waals surface area (Å²) in [5, 5.41) is 0. The molecular weight excluding hydrogens is 226 g/mol. The molecule has 2 aliphatic rings. The standard InChI is InChI=1S/C13H14F2O2/c1-12(16-7-8-17-12)11-10(13(11,14)15)9-5-3-2-4-6-9/h2-6,10-11H,7-8H2,1H3. The van der Waals surface area contributed by atoms with Gasteiger partial charge in [-0.2, -0.15) is 0 Å². The van der Waals surface area contributed by atoms with Crippen molar-refractivity contribution in [3.05, 3.63) is 35.9 Å². The van der Waals surface area contributed by atoms with Gasteiger partial charge in [0.15, 0.2) is 5.79 Å². The van der Waals surface area contributed by atoms with Crippen LogP contribution in [0.3, 0.4) is 0 Å². The molecule has 17 heavy (non-hydrogen) atoms. The molecule has 2 nitrogen and oxygen atoms in total. The van der Waals surface area contributed by atoms with E-state index >= 15 is 0 Å². The monoisotopic (exact) mass is 240 g/mol. The molecule has 2 unspecified atom stereocenters. The Morgan fingerprint density at radius 3 is 2.29 bits per heavy atom. The summed E-state index contributed by atoms with van der Waals surface area (Å²) in [5.41, 5.74) is 0.655. The number of benzene rings is 1. The van der Waals surface area contributed by atoms with E-state index in [9.17, 15) is 8.78 Å². The first-order valence-electron chi connectivity index (χ1n) is 5.76. The molecule has 1 aliphatic heterocycles. The van der Waals surface area contributed by atoms with Gasteiger partial charge in [0.1, 0.15) is 0 Å². The maximum atomic E-state index is 13.9. The van der Waals surface area contributed by atoms with Crippen molar-refractivity contribution in [3.63, 3.8) is 0 Å². The molecule has 0 aromatic heterocycles. The highest BCUT2D eigenvalue weighted by Gasteiger charge is 2.76. The zero-order valence-corrected chi connectivity index (χ0v) is 9.53.